The summed E-state index contributed by atoms with van der Waals surface area (Å²) < 4.78 is 92.9. The SMILES string of the molecule is Cc1cc(/C(F)=C/C(c2cc(Cl)c(Cl)c(Cl)c2)C(F)(F)F)ccc1C(=O)N[C@H](C)NC(=O)CCC(F)(F)F. The summed E-state index contributed by atoms with van der Waals surface area (Å²) in [6, 6.07) is 5.24. The molecule has 2 aromatic carbocycles. The zero-order valence-corrected chi connectivity index (χ0v) is 21.9. The summed E-state index contributed by atoms with van der Waals surface area (Å²) >= 11 is 17.4. The summed E-state index contributed by atoms with van der Waals surface area (Å²) in [5, 5.41) is 3.91. The largest absolute Gasteiger partial charge is 0.399 e. The van der Waals surface area contributed by atoms with Gasteiger partial charge in [0, 0.05) is 17.5 Å². The van der Waals surface area contributed by atoms with Gasteiger partial charge >= 0.3 is 12.4 Å². The van der Waals surface area contributed by atoms with Gasteiger partial charge in [-0.2, -0.15) is 26.3 Å². The van der Waals surface area contributed by atoms with Crippen LogP contribution in [0, 0.1) is 6.92 Å². The Hall–Kier alpha value is -2.50. The molecule has 1 unspecified atom stereocenters. The van der Waals surface area contributed by atoms with Crippen LogP contribution in [0.5, 0.6) is 0 Å². The lowest BCUT2D eigenvalue weighted by atomic mass is 9.95. The van der Waals surface area contributed by atoms with Gasteiger partial charge in [-0.05, 0) is 55.3 Å². The van der Waals surface area contributed by atoms with Gasteiger partial charge in [-0.1, -0.05) is 40.9 Å². The number of aryl methyl sites for hydroxylation is 1. The molecule has 0 saturated heterocycles. The molecule has 0 fully saturated rings. The molecule has 0 bridgehead atoms. The molecule has 2 N–H and O–H groups in total. The summed E-state index contributed by atoms with van der Waals surface area (Å²) in [5.74, 6) is -5.34. The van der Waals surface area contributed by atoms with E-state index < -0.39 is 60.5 Å². The zero-order chi connectivity index (χ0) is 29.0. The van der Waals surface area contributed by atoms with Crippen LogP contribution >= 0.6 is 34.8 Å². The third-order valence-electron chi connectivity index (χ3n) is 5.14. The van der Waals surface area contributed by atoms with E-state index in [-0.39, 0.29) is 31.8 Å². The Kier molecular flexibility index (Phi) is 10.5. The first-order chi connectivity index (χ1) is 17.4. The standard InChI is InChI=1S/C24H20Cl3F7N2O2/c1-11-7-13(3-4-15(11)22(38)36-12(2)35-20(37)5-6-23(29,30)31)19(28)10-16(24(32,33)34)14-8-17(25)21(27)18(26)9-14/h3-4,7-10,12,16H,5-6H2,1-2H3,(H,35,37)(H,36,38)/b19-10-/t12-,16?/m1/s1. The van der Waals surface area contributed by atoms with Crippen LogP contribution < -0.4 is 10.6 Å². The third-order valence-corrected chi connectivity index (χ3v) is 6.34. The average Bonchev–Trinajstić information content (AvgIpc) is 2.77. The van der Waals surface area contributed by atoms with Crippen molar-refractivity contribution in [2.45, 2.75) is 51.1 Å². The van der Waals surface area contributed by atoms with Gasteiger partial charge in [-0.25, -0.2) is 4.39 Å². The number of nitrogens with one attached hydrogen (secondary N) is 2. The molecule has 0 radical (unpaired) electrons. The predicted octanol–water partition coefficient (Wildman–Crippen LogP) is 8.15. The van der Waals surface area contributed by atoms with E-state index in [0.717, 1.165) is 30.3 Å². The van der Waals surface area contributed by atoms with Crippen molar-refractivity contribution in [3.05, 3.63) is 73.7 Å². The number of hydrogen-bond acceptors (Lipinski definition) is 2. The number of amides is 2. The summed E-state index contributed by atoms with van der Waals surface area (Å²) in [6.45, 7) is 2.72. The second-order valence-corrected chi connectivity index (χ2v) is 9.43. The van der Waals surface area contributed by atoms with Gasteiger partial charge in [0.25, 0.3) is 5.91 Å². The van der Waals surface area contributed by atoms with Crippen molar-refractivity contribution in [2.75, 3.05) is 0 Å². The number of carbonyl (C=O) groups is 2. The van der Waals surface area contributed by atoms with Gasteiger partial charge in [-0.15, -0.1) is 0 Å². The molecule has 0 aliphatic heterocycles. The number of allylic oxidation sites excluding steroid dienone is 1. The average molecular weight is 608 g/mol. The van der Waals surface area contributed by atoms with E-state index in [4.69, 9.17) is 34.8 Å². The highest BCUT2D eigenvalue weighted by Gasteiger charge is 2.40. The second-order valence-electron chi connectivity index (χ2n) is 8.24. The molecular weight excluding hydrogens is 588 g/mol. The molecule has 2 amide bonds. The van der Waals surface area contributed by atoms with Crippen molar-refractivity contribution in [1.29, 1.82) is 0 Å². The Bertz CT molecular complexity index is 1210. The van der Waals surface area contributed by atoms with E-state index in [2.05, 4.69) is 10.6 Å². The monoisotopic (exact) mass is 606 g/mol. The molecule has 0 spiro atoms. The van der Waals surface area contributed by atoms with Crippen LogP contribution in [-0.4, -0.2) is 30.3 Å². The number of carbonyl (C=O) groups excluding carboxylic acids is 2. The third kappa shape index (κ3) is 9.06. The van der Waals surface area contributed by atoms with Crippen LogP contribution in [0.15, 0.2) is 36.4 Å². The highest BCUT2D eigenvalue weighted by atomic mass is 35.5. The highest BCUT2D eigenvalue weighted by Crippen LogP contribution is 2.42. The van der Waals surface area contributed by atoms with E-state index in [9.17, 15) is 40.3 Å². The van der Waals surface area contributed by atoms with Crippen molar-refractivity contribution < 1.29 is 40.3 Å². The first kappa shape index (κ1) is 31.7. The molecule has 2 aromatic rings. The number of benzene rings is 2. The normalized spacial score (nSPS) is 14.2. The Labute approximate surface area is 228 Å². The van der Waals surface area contributed by atoms with Crippen LogP contribution in [-0.2, 0) is 4.79 Å². The highest BCUT2D eigenvalue weighted by molar-refractivity contribution is 6.48. The van der Waals surface area contributed by atoms with Crippen LogP contribution in [0.1, 0.15) is 52.7 Å². The van der Waals surface area contributed by atoms with Gasteiger partial charge in [0.15, 0.2) is 0 Å². The molecule has 208 valence electrons. The molecule has 14 heteroatoms. The molecule has 0 heterocycles. The lowest BCUT2D eigenvalue weighted by molar-refractivity contribution is -0.144. The fourth-order valence-electron chi connectivity index (χ4n) is 3.32. The molecule has 38 heavy (non-hydrogen) atoms. The number of halogens is 10. The number of rotatable bonds is 8. The summed E-state index contributed by atoms with van der Waals surface area (Å²) in [7, 11) is 0. The Morgan fingerprint density at radius 3 is 2.05 bits per heavy atom. The molecule has 4 nitrogen and oxygen atoms in total. The molecule has 2 rings (SSSR count). The van der Waals surface area contributed by atoms with Gasteiger partial charge < -0.3 is 10.6 Å². The van der Waals surface area contributed by atoms with Crippen LogP contribution in [0.4, 0.5) is 30.7 Å². The predicted molar refractivity (Wildman–Crippen MR) is 131 cm³/mol. The van der Waals surface area contributed by atoms with E-state index in [1.54, 1.807) is 0 Å². The van der Waals surface area contributed by atoms with Crippen LogP contribution in [0.3, 0.4) is 0 Å². The fraction of sp³-hybridized carbons (Fsp3) is 0.333. The van der Waals surface area contributed by atoms with E-state index in [1.165, 1.54) is 13.8 Å². The van der Waals surface area contributed by atoms with Crippen molar-refractivity contribution in [3.8, 4) is 0 Å². The first-order valence-corrected chi connectivity index (χ1v) is 11.9. The van der Waals surface area contributed by atoms with Crippen molar-refractivity contribution in [2.24, 2.45) is 0 Å². The maximum atomic E-state index is 14.9. The summed E-state index contributed by atoms with van der Waals surface area (Å²) in [6.07, 6.45) is -12.3. The number of alkyl halides is 6. The zero-order valence-electron chi connectivity index (χ0n) is 19.6. The second kappa shape index (κ2) is 12.6. The van der Waals surface area contributed by atoms with Crippen LogP contribution in [0.2, 0.25) is 15.1 Å². The molecule has 0 saturated carbocycles. The van der Waals surface area contributed by atoms with E-state index in [0.29, 0.717) is 6.08 Å². The first-order valence-electron chi connectivity index (χ1n) is 10.8. The Morgan fingerprint density at radius 2 is 1.55 bits per heavy atom. The minimum atomic E-state index is -4.91. The maximum Gasteiger partial charge on any atom is 0.399 e. The van der Waals surface area contributed by atoms with Gasteiger partial charge in [0.05, 0.1) is 27.7 Å². The van der Waals surface area contributed by atoms with Gasteiger partial charge in [0.1, 0.15) is 11.7 Å². The topological polar surface area (TPSA) is 58.2 Å². The van der Waals surface area contributed by atoms with E-state index >= 15 is 0 Å². The molecule has 0 aromatic heterocycles. The lowest BCUT2D eigenvalue weighted by Crippen LogP contribution is -2.46. The van der Waals surface area contributed by atoms with Crippen LogP contribution in [0.25, 0.3) is 5.83 Å². The maximum absolute atomic E-state index is 14.9. The van der Waals surface area contributed by atoms with Crippen molar-refractivity contribution in [3.63, 3.8) is 0 Å². The molecule has 2 atom stereocenters. The minimum absolute atomic E-state index is 0.00146. The minimum Gasteiger partial charge on any atom is -0.336 e. The quantitative estimate of drug-likeness (QED) is 0.181. The van der Waals surface area contributed by atoms with Gasteiger partial charge in [-0.3, -0.25) is 9.59 Å². The molecule has 0 aliphatic rings. The Morgan fingerprint density at radius 1 is 0.974 bits per heavy atom. The van der Waals surface area contributed by atoms with Crippen molar-refractivity contribution in [1.82, 2.24) is 10.6 Å². The number of hydrogen-bond donors (Lipinski definition) is 2. The molecule has 0 aliphatic carbocycles. The van der Waals surface area contributed by atoms with Crippen molar-refractivity contribution >= 4 is 52.4 Å². The smallest absolute Gasteiger partial charge is 0.336 e. The fourth-order valence-corrected chi connectivity index (χ4v) is 3.94. The summed E-state index contributed by atoms with van der Waals surface area (Å²) in [4.78, 5) is 24.1. The van der Waals surface area contributed by atoms with E-state index in [1.807, 2.05) is 0 Å². The Balaban J connectivity index is 2.21. The molecular formula is C24H20Cl3F7N2O2. The lowest BCUT2D eigenvalue weighted by Gasteiger charge is -2.19. The summed E-state index contributed by atoms with van der Waals surface area (Å²) in [5.41, 5.74) is -0.513. The van der Waals surface area contributed by atoms with Gasteiger partial charge in [0.2, 0.25) is 5.91 Å².